The van der Waals surface area contributed by atoms with E-state index in [9.17, 15) is 22.2 Å². The van der Waals surface area contributed by atoms with Gasteiger partial charge in [-0.1, -0.05) is 24.3 Å². The summed E-state index contributed by atoms with van der Waals surface area (Å²) in [6, 6.07) is 6.73. The highest BCUT2D eigenvalue weighted by molar-refractivity contribution is 7.87. The van der Waals surface area contributed by atoms with Gasteiger partial charge in [-0.15, -0.1) is 3.89 Å². The number of carbonyl (C=O) groups is 1. The average Bonchev–Trinajstić information content (AvgIpc) is 2.88. The third-order valence-electron chi connectivity index (χ3n) is 4.02. The van der Waals surface area contributed by atoms with Gasteiger partial charge in [0, 0.05) is 19.4 Å². The van der Waals surface area contributed by atoms with Crippen molar-refractivity contribution in [2.75, 3.05) is 6.54 Å². The van der Waals surface area contributed by atoms with E-state index in [1.807, 2.05) is 12.1 Å². The fourth-order valence-electron chi connectivity index (χ4n) is 3.08. The molecular weight excluding hydrogens is 285 g/mol. The highest BCUT2D eigenvalue weighted by Crippen LogP contribution is 2.39. The Morgan fingerprint density at radius 3 is 2.60 bits per heavy atom. The minimum atomic E-state index is -4.74. The average molecular weight is 299 g/mol. The molecule has 0 bridgehead atoms. The number of hydrogen-bond donors (Lipinski definition) is 1. The van der Waals surface area contributed by atoms with E-state index in [1.165, 1.54) is 4.90 Å². The predicted molar refractivity (Wildman–Crippen MR) is 69.0 cm³/mol. The summed E-state index contributed by atoms with van der Waals surface area (Å²) in [6.45, 7) is -0.201. The van der Waals surface area contributed by atoms with Gasteiger partial charge in [0.05, 0.1) is 12.1 Å². The molecule has 1 saturated heterocycles. The third-order valence-corrected chi connectivity index (χ3v) is 5.14. The minimum Gasteiger partial charge on any atom is -0.390 e. The van der Waals surface area contributed by atoms with Crippen LogP contribution in [-0.2, 0) is 21.4 Å². The topological polar surface area (TPSA) is 74.7 Å². The van der Waals surface area contributed by atoms with Crippen molar-refractivity contribution in [2.45, 2.75) is 30.2 Å². The van der Waals surface area contributed by atoms with Crippen LogP contribution in [0.2, 0.25) is 0 Å². The van der Waals surface area contributed by atoms with Crippen LogP contribution in [0.4, 0.5) is 3.89 Å². The van der Waals surface area contributed by atoms with Crippen molar-refractivity contribution in [3.63, 3.8) is 0 Å². The van der Waals surface area contributed by atoms with Crippen molar-refractivity contribution in [2.24, 2.45) is 0 Å². The highest BCUT2D eigenvalue weighted by atomic mass is 32.3. The number of aliphatic hydroxyl groups excluding tert-OH is 1. The van der Waals surface area contributed by atoms with E-state index >= 15 is 0 Å². The SMILES string of the molecule is O=C1CC(S(=O)(=O)F)CN1[C@@H]1c2ccccc2C[C@@H]1O. The van der Waals surface area contributed by atoms with Gasteiger partial charge < -0.3 is 10.0 Å². The summed E-state index contributed by atoms with van der Waals surface area (Å²) in [5, 5.41) is 8.82. The Bertz CT molecular complexity index is 660. The van der Waals surface area contributed by atoms with Crippen LogP contribution < -0.4 is 0 Å². The molecule has 1 unspecified atom stereocenters. The van der Waals surface area contributed by atoms with Gasteiger partial charge in [-0.05, 0) is 11.1 Å². The second-order valence-corrected chi connectivity index (χ2v) is 6.88. The fourth-order valence-corrected chi connectivity index (χ4v) is 3.76. The van der Waals surface area contributed by atoms with Crippen LogP contribution in [-0.4, -0.2) is 42.2 Å². The maximum Gasteiger partial charge on any atom is 0.307 e. The third kappa shape index (κ3) is 2.10. The molecule has 3 atom stereocenters. The smallest absolute Gasteiger partial charge is 0.307 e. The number of fused-ring (bicyclic) bond motifs is 1. The number of aliphatic hydroxyl groups is 1. The van der Waals surface area contributed by atoms with E-state index in [4.69, 9.17) is 0 Å². The molecule has 1 amide bonds. The number of hydrogen-bond acceptors (Lipinski definition) is 4. The van der Waals surface area contributed by atoms with Crippen LogP contribution >= 0.6 is 0 Å². The maximum absolute atomic E-state index is 13.1. The number of benzene rings is 1. The standard InChI is InChI=1S/C13H14FNO4S/c14-20(18,19)9-6-12(17)15(7-9)13-10-4-2-1-3-8(10)5-11(13)16/h1-4,9,11,13,16H,5-7H2/t9?,11-,13+/m0/s1. The van der Waals surface area contributed by atoms with E-state index in [-0.39, 0.29) is 13.0 Å². The van der Waals surface area contributed by atoms with E-state index in [0.717, 1.165) is 11.1 Å². The molecule has 20 heavy (non-hydrogen) atoms. The van der Waals surface area contributed by atoms with Crippen molar-refractivity contribution in [1.82, 2.24) is 4.90 Å². The molecule has 5 nitrogen and oxygen atoms in total. The van der Waals surface area contributed by atoms with Crippen LogP contribution in [0.5, 0.6) is 0 Å². The number of rotatable bonds is 2. The van der Waals surface area contributed by atoms with Crippen molar-refractivity contribution in [3.8, 4) is 0 Å². The Morgan fingerprint density at radius 1 is 1.25 bits per heavy atom. The van der Waals surface area contributed by atoms with Crippen molar-refractivity contribution in [1.29, 1.82) is 0 Å². The Hall–Kier alpha value is -1.47. The zero-order chi connectivity index (χ0) is 14.5. The lowest BCUT2D eigenvalue weighted by Crippen LogP contribution is -2.36. The summed E-state index contributed by atoms with van der Waals surface area (Å²) in [5.74, 6) is -0.433. The molecule has 1 heterocycles. The lowest BCUT2D eigenvalue weighted by molar-refractivity contribution is -0.131. The zero-order valence-electron chi connectivity index (χ0n) is 10.6. The Balaban J connectivity index is 1.93. The van der Waals surface area contributed by atoms with Crippen LogP contribution in [0.3, 0.4) is 0 Å². The van der Waals surface area contributed by atoms with E-state index < -0.39 is 33.5 Å². The van der Waals surface area contributed by atoms with Gasteiger partial charge in [0.2, 0.25) is 5.91 Å². The molecule has 1 fully saturated rings. The number of likely N-dealkylation sites (tertiary alicyclic amines) is 1. The van der Waals surface area contributed by atoms with Gasteiger partial charge in [-0.2, -0.15) is 8.42 Å². The first-order valence-electron chi connectivity index (χ1n) is 6.36. The first kappa shape index (κ1) is 13.5. The highest BCUT2D eigenvalue weighted by Gasteiger charge is 2.45. The molecule has 7 heteroatoms. The zero-order valence-corrected chi connectivity index (χ0v) is 11.4. The van der Waals surface area contributed by atoms with Gasteiger partial charge in [0.25, 0.3) is 0 Å². The summed E-state index contributed by atoms with van der Waals surface area (Å²) in [6.07, 6.45) is -0.723. The van der Waals surface area contributed by atoms with Gasteiger partial charge >= 0.3 is 10.2 Å². The fraction of sp³-hybridized carbons (Fsp3) is 0.462. The quantitative estimate of drug-likeness (QED) is 0.809. The summed E-state index contributed by atoms with van der Waals surface area (Å²) < 4.78 is 35.0. The first-order valence-corrected chi connectivity index (χ1v) is 7.81. The predicted octanol–water partition coefficient (Wildman–Crippen LogP) is 0.545. The Morgan fingerprint density at radius 2 is 1.95 bits per heavy atom. The van der Waals surface area contributed by atoms with E-state index in [0.29, 0.717) is 6.42 Å². The van der Waals surface area contributed by atoms with Gasteiger partial charge in [-0.3, -0.25) is 4.79 Å². The van der Waals surface area contributed by atoms with Crippen LogP contribution in [0, 0.1) is 0 Å². The molecule has 1 N–H and O–H groups in total. The lowest BCUT2D eigenvalue weighted by atomic mass is 10.1. The number of nitrogens with zero attached hydrogens (tertiary/aromatic N) is 1. The maximum atomic E-state index is 13.1. The molecule has 0 saturated carbocycles. The molecule has 108 valence electrons. The normalized spacial score (nSPS) is 29.8. The molecule has 3 rings (SSSR count). The molecule has 0 radical (unpaired) electrons. The molecule has 1 aromatic carbocycles. The number of amides is 1. The molecule has 1 aliphatic carbocycles. The summed E-state index contributed by atoms with van der Waals surface area (Å²) in [4.78, 5) is 13.2. The molecule has 0 aromatic heterocycles. The molecule has 0 spiro atoms. The monoisotopic (exact) mass is 299 g/mol. The lowest BCUT2D eigenvalue weighted by Gasteiger charge is -2.27. The van der Waals surface area contributed by atoms with Gasteiger partial charge in [0.15, 0.2) is 0 Å². The number of halogens is 1. The van der Waals surface area contributed by atoms with Crippen molar-refractivity contribution < 1.29 is 22.2 Å². The summed E-state index contributed by atoms with van der Waals surface area (Å²) >= 11 is 0. The van der Waals surface area contributed by atoms with Crippen molar-refractivity contribution in [3.05, 3.63) is 35.4 Å². The Kier molecular flexibility index (Phi) is 3.06. The van der Waals surface area contributed by atoms with Gasteiger partial charge in [-0.25, -0.2) is 0 Å². The largest absolute Gasteiger partial charge is 0.390 e. The van der Waals surface area contributed by atoms with E-state index in [2.05, 4.69) is 0 Å². The van der Waals surface area contributed by atoms with Crippen molar-refractivity contribution >= 4 is 16.1 Å². The number of carbonyl (C=O) groups excluding carboxylic acids is 1. The summed E-state index contributed by atoms with van der Waals surface area (Å²) in [5.41, 5.74) is 1.75. The molecule has 1 aromatic rings. The van der Waals surface area contributed by atoms with Crippen LogP contribution in [0.25, 0.3) is 0 Å². The Labute approximate surface area is 116 Å². The first-order chi connectivity index (χ1) is 9.38. The molecule has 2 aliphatic rings. The van der Waals surface area contributed by atoms with E-state index in [1.54, 1.807) is 12.1 Å². The van der Waals surface area contributed by atoms with Crippen LogP contribution in [0.15, 0.2) is 24.3 Å². The second kappa shape index (κ2) is 4.53. The van der Waals surface area contributed by atoms with Gasteiger partial charge in [0.1, 0.15) is 5.25 Å². The molecular formula is C13H14FNO4S. The minimum absolute atomic E-state index is 0.201. The molecule has 1 aliphatic heterocycles. The summed E-state index contributed by atoms with van der Waals surface area (Å²) in [7, 11) is -4.74. The second-order valence-electron chi connectivity index (χ2n) is 5.26. The van der Waals surface area contributed by atoms with Crippen LogP contribution in [0.1, 0.15) is 23.6 Å².